The zero-order valence-electron chi connectivity index (χ0n) is 20.4. The van der Waals surface area contributed by atoms with Crippen molar-refractivity contribution in [2.45, 2.75) is 39.0 Å². The van der Waals surface area contributed by atoms with Crippen LogP contribution in [0.1, 0.15) is 30.7 Å². The fourth-order valence-electron chi connectivity index (χ4n) is 4.25. The van der Waals surface area contributed by atoms with Crippen molar-refractivity contribution < 1.29 is 9.90 Å². The van der Waals surface area contributed by atoms with Gasteiger partial charge in [-0.1, -0.05) is 12.1 Å². The van der Waals surface area contributed by atoms with Crippen molar-refractivity contribution in [3.05, 3.63) is 69.8 Å². The average Bonchev–Trinajstić information content (AvgIpc) is 3.14. The van der Waals surface area contributed by atoms with Crippen LogP contribution in [0.5, 0.6) is 0 Å². The Labute approximate surface area is 207 Å². The number of hydrogen-bond donors (Lipinski definition) is 4. The van der Waals surface area contributed by atoms with E-state index in [1.807, 2.05) is 6.07 Å². The first-order valence-corrected chi connectivity index (χ1v) is 11.7. The Balaban J connectivity index is 1.63. The normalized spacial score (nSPS) is 13.4. The number of pyridine rings is 1. The van der Waals surface area contributed by atoms with Crippen LogP contribution >= 0.6 is 0 Å². The van der Waals surface area contributed by atoms with Crippen molar-refractivity contribution in [2.24, 2.45) is 0 Å². The lowest BCUT2D eigenvalue weighted by Crippen LogP contribution is -2.32. The van der Waals surface area contributed by atoms with Gasteiger partial charge in [-0.2, -0.15) is 4.98 Å². The molecule has 0 saturated heterocycles. The predicted molar refractivity (Wildman–Crippen MR) is 135 cm³/mol. The molecule has 1 amide bonds. The van der Waals surface area contributed by atoms with Crippen LogP contribution in [0.3, 0.4) is 0 Å². The minimum Gasteiger partial charge on any atom is -0.384 e. The number of nitrogens with one attached hydrogen (secondary N) is 3. The number of aliphatic hydroxyl groups is 1. The molecule has 0 spiro atoms. The Morgan fingerprint density at radius 3 is 2.81 bits per heavy atom. The first kappa shape index (κ1) is 23.6. The highest BCUT2D eigenvalue weighted by Gasteiger charge is 2.23. The Kier molecular flexibility index (Phi) is 6.02. The minimum absolute atomic E-state index is 0.234. The van der Waals surface area contributed by atoms with E-state index < -0.39 is 11.2 Å². The van der Waals surface area contributed by atoms with Crippen LogP contribution in [0, 0.1) is 0 Å². The van der Waals surface area contributed by atoms with Crippen LogP contribution in [-0.4, -0.2) is 48.9 Å². The van der Waals surface area contributed by atoms with Crippen molar-refractivity contribution >= 4 is 28.6 Å². The molecule has 4 aromatic rings. The van der Waals surface area contributed by atoms with E-state index in [0.29, 0.717) is 23.1 Å². The number of carbonyl (C=O) groups is 1. The summed E-state index contributed by atoms with van der Waals surface area (Å²) in [5.74, 6) is 0.298. The molecule has 4 heterocycles. The van der Waals surface area contributed by atoms with Crippen LogP contribution in [0.25, 0.3) is 16.9 Å². The Bertz CT molecular complexity index is 1520. The van der Waals surface area contributed by atoms with Crippen molar-refractivity contribution in [1.29, 1.82) is 0 Å². The van der Waals surface area contributed by atoms with Crippen LogP contribution in [0.2, 0.25) is 0 Å². The van der Waals surface area contributed by atoms with E-state index in [1.54, 1.807) is 32.0 Å². The molecule has 0 fully saturated rings. The molecule has 0 saturated carbocycles. The van der Waals surface area contributed by atoms with Gasteiger partial charge in [-0.25, -0.2) is 19.3 Å². The maximum Gasteiger partial charge on any atom is 0.278 e. The maximum absolute atomic E-state index is 13.3. The summed E-state index contributed by atoms with van der Waals surface area (Å²) >= 11 is 0. The van der Waals surface area contributed by atoms with Gasteiger partial charge in [0.15, 0.2) is 11.5 Å². The maximum atomic E-state index is 13.3. The van der Waals surface area contributed by atoms with Crippen LogP contribution in [-0.2, 0) is 29.9 Å². The summed E-state index contributed by atoms with van der Waals surface area (Å²) in [6, 6.07) is 11.3. The largest absolute Gasteiger partial charge is 0.384 e. The molecule has 0 bridgehead atoms. The van der Waals surface area contributed by atoms with E-state index in [2.05, 4.69) is 43.0 Å². The van der Waals surface area contributed by atoms with Crippen molar-refractivity contribution in [3.8, 4) is 5.82 Å². The molecule has 11 nitrogen and oxygen atoms in total. The molecule has 3 aromatic heterocycles. The number of nitrogens with zero attached hydrogens (tertiary/aromatic N) is 5. The van der Waals surface area contributed by atoms with Gasteiger partial charge in [-0.05, 0) is 62.2 Å². The van der Waals surface area contributed by atoms with Gasteiger partial charge in [0, 0.05) is 25.5 Å². The topological polar surface area (TPSA) is 139 Å². The number of amides is 1. The van der Waals surface area contributed by atoms with Gasteiger partial charge in [0.2, 0.25) is 11.9 Å². The zero-order chi connectivity index (χ0) is 25.4. The van der Waals surface area contributed by atoms with Gasteiger partial charge in [0.05, 0.1) is 5.69 Å². The first-order chi connectivity index (χ1) is 17.2. The highest BCUT2D eigenvalue weighted by atomic mass is 16.3. The summed E-state index contributed by atoms with van der Waals surface area (Å²) in [7, 11) is 1.50. The first-order valence-electron chi connectivity index (χ1n) is 11.7. The molecule has 1 aliphatic rings. The lowest BCUT2D eigenvalue weighted by Gasteiger charge is -2.18. The standard InChI is InChI=1S/C25H28N8O3/c1-25(2,36)19-5-4-6-20(30-19)33-22-18(23(35)32(33)14-21(34)26-3)13-28-24(31-22)29-17-8-7-16-12-27-10-9-15(16)11-17/h4-8,11,13,27,36H,9-10,12,14H2,1-3H3,(H,26,34)(H,28,29,31). The highest BCUT2D eigenvalue weighted by Crippen LogP contribution is 2.23. The molecular formula is C25H28N8O3. The number of aromatic nitrogens is 5. The van der Waals surface area contributed by atoms with E-state index >= 15 is 0 Å². The Morgan fingerprint density at radius 2 is 2.03 bits per heavy atom. The SMILES string of the molecule is CNC(=O)Cn1c(=O)c2cnc(Nc3ccc4c(c3)CCNC4)nc2n1-c1cccc(C(C)(C)O)n1. The Morgan fingerprint density at radius 1 is 1.19 bits per heavy atom. The molecule has 4 N–H and O–H groups in total. The summed E-state index contributed by atoms with van der Waals surface area (Å²) in [5, 5.41) is 19.9. The third-order valence-electron chi connectivity index (χ3n) is 6.17. The van der Waals surface area contributed by atoms with E-state index in [9.17, 15) is 14.7 Å². The van der Waals surface area contributed by atoms with Gasteiger partial charge >= 0.3 is 0 Å². The smallest absolute Gasteiger partial charge is 0.278 e. The molecule has 1 aromatic carbocycles. The highest BCUT2D eigenvalue weighted by molar-refractivity contribution is 5.79. The van der Waals surface area contributed by atoms with E-state index in [0.717, 1.165) is 25.2 Å². The van der Waals surface area contributed by atoms with Crippen molar-refractivity contribution in [3.63, 3.8) is 0 Å². The summed E-state index contributed by atoms with van der Waals surface area (Å²) in [4.78, 5) is 39.1. The molecule has 0 unspecified atom stereocenters. The zero-order valence-corrected chi connectivity index (χ0v) is 20.4. The second-order valence-electron chi connectivity index (χ2n) is 9.25. The summed E-state index contributed by atoms with van der Waals surface area (Å²) in [6.45, 7) is 4.80. The molecule has 0 aliphatic carbocycles. The van der Waals surface area contributed by atoms with Gasteiger partial charge in [0.25, 0.3) is 5.56 Å². The third kappa shape index (κ3) is 4.45. The number of fused-ring (bicyclic) bond motifs is 2. The number of carbonyl (C=O) groups excluding carboxylic acids is 1. The van der Waals surface area contributed by atoms with Crippen molar-refractivity contribution in [2.75, 3.05) is 18.9 Å². The molecular weight excluding hydrogens is 460 g/mol. The van der Waals surface area contributed by atoms with E-state index in [-0.39, 0.29) is 17.8 Å². The quantitative estimate of drug-likeness (QED) is 0.319. The molecule has 5 rings (SSSR count). The van der Waals surface area contributed by atoms with Gasteiger partial charge in [0.1, 0.15) is 17.5 Å². The lowest BCUT2D eigenvalue weighted by molar-refractivity contribution is -0.121. The molecule has 0 atom stereocenters. The van der Waals surface area contributed by atoms with Gasteiger partial charge in [-0.15, -0.1) is 0 Å². The molecule has 11 heteroatoms. The summed E-state index contributed by atoms with van der Waals surface area (Å²) < 4.78 is 2.76. The molecule has 1 aliphatic heterocycles. The van der Waals surface area contributed by atoms with Crippen LogP contribution in [0.15, 0.2) is 47.4 Å². The molecule has 36 heavy (non-hydrogen) atoms. The Hall–Kier alpha value is -4.09. The van der Waals surface area contributed by atoms with Crippen molar-refractivity contribution in [1.82, 2.24) is 34.9 Å². The number of likely N-dealkylation sites (N-methyl/N-ethyl adjacent to an activating group) is 1. The number of anilines is 2. The van der Waals surface area contributed by atoms with Gasteiger partial charge < -0.3 is 21.1 Å². The fourth-order valence-corrected chi connectivity index (χ4v) is 4.25. The number of benzene rings is 1. The monoisotopic (exact) mass is 488 g/mol. The van der Waals surface area contributed by atoms with Crippen LogP contribution < -0.4 is 21.5 Å². The lowest BCUT2D eigenvalue weighted by atomic mass is 10.0. The number of rotatable bonds is 6. The van der Waals surface area contributed by atoms with E-state index in [1.165, 1.54) is 33.7 Å². The second kappa shape index (κ2) is 9.17. The summed E-state index contributed by atoms with van der Waals surface area (Å²) in [6.07, 6.45) is 2.39. The van der Waals surface area contributed by atoms with Crippen LogP contribution in [0.4, 0.5) is 11.6 Å². The minimum atomic E-state index is -1.20. The molecule has 0 radical (unpaired) electrons. The molecule has 186 valence electrons. The van der Waals surface area contributed by atoms with E-state index in [4.69, 9.17) is 0 Å². The average molecular weight is 489 g/mol. The fraction of sp³-hybridized carbons (Fsp3) is 0.320. The third-order valence-corrected chi connectivity index (χ3v) is 6.17. The number of hydrogen-bond acceptors (Lipinski definition) is 8. The second-order valence-corrected chi connectivity index (χ2v) is 9.25. The summed E-state index contributed by atoms with van der Waals surface area (Å²) in [5.41, 5.74) is 2.46. The predicted octanol–water partition coefficient (Wildman–Crippen LogP) is 1.34. The van der Waals surface area contributed by atoms with Gasteiger partial charge in [-0.3, -0.25) is 9.59 Å².